The molecule has 0 spiro atoms. The predicted molar refractivity (Wildman–Crippen MR) is 45.2 cm³/mol. The lowest BCUT2D eigenvalue weighted by atomic mass is 10.3. The first kappa shape index (κ1) is 11.1. The molecule has 1 rings (SSSR count). The van der Waals surface area contributed by atoms with Crippen molar-refractivity contribution >= 4 is 5.69 Å². The maximum atomic E-state index is 12.3. The maximum absolute atomic E-state index is 12.3. The molecule has 8 heteroatoms. The highest BCUT2D eigenvalue weighted by Gasteiger charge is 2.28. The molecule has 1 aromatic rings. The fourth-order valence-corrected chi connectivity index (χ4v) is 1.02. The van der Waals surface area contributed by atoms with Crippen LogP contribution in [0.5, 0.6) is 5.75 Å². The smallest absolute Gasteiger partial charge is 0.345 e. The average molecular weight is 220 g/mol. The molecule has 0 radical (unpaired) electrons. The second-order valence-corrected chi connectivity index (χ2v) is 2.51. The molecule has 15 heavy (non-hydrogen) atoms. The van der Waals surface area contributed by atoms with E-state index in [0.717, 1.165) is 13.3 Å². The summed E-state index contributed by atoms with van der Waals surface area (Å²) in [5.41, 5.74) is -3.38. The normalized spacial score (nSPS) is 10.4. The Labute approximate surface area is 81.6 Å². The summed E-state index contributed by atoms with van der Waals surface area (Å²) in [6.07, 6.45) is -2.26. The van der Waals surface area contributed by atoms with Crippen LogP contribution >= 0.6 is 0 Å². The second kappa shape index (κ2) is 4.03. The van der Waals surface area contributed by atoms with Gasteiger partial charge in [0, 0.05) is 6.20 Å². The Hall–Kier alpha value is -1.99. The fourth-order valence-electron chi connectivity index (χ4n) is 1.02. The van der Waals surface area contributed by atoms with Gasteiger partial charge in [0.05, 0.1) is 12.0 Å². The number of rotatable bonds is 3. The number of aromatic amines is 1. The number of halogens is 2. The minimum atomic E-state index is -3.12. The number of pyridine rings is 1. The van der Waals surface area contributed by atoms with Gasteiger partial charge in [0.2, 0.25) is 0 Å². The van der Waals surface area contributed by atoms with E-state index in [1.165, 1.54) is 0 Å². The number of nitro groups is 1. The van der Waals surface area contributed by atoms with Crippen molar-refractivity contribution in [1.29, 1.82) is 0 Å². The molecule has 0 saturated heterocycles. The molecule has 0 unspecified atom stereocenters. The summed E-state index contributed by atoms with van der Waals surface area (Å²) in [6.45, 7) is 0. The van der Waals surface area contributed by atoms with Crippen molar-refractivity contribution in [1.82, 2.24) is 4.98 Å². The van der Waals surface area contributed by atoms with Crippen LogP contribution in [0, 0.1) is 10.1 Å². The van der Waals surface area contributed by atoms with Crippen molar-refractivity contribution in [3.8, 4) is 5.75 Å². The number of ether oxygens (including phenoxy) is 1. The lowest BCUT2D eigenvalue weighted by Gasteiger charge is -2.03. The number of hydrogen-bond acceptors (Lipinski definition) is 4. The zero-order chi connectivity index (χ0) is 11.6. The molecule has 0 atom stereocenters. The summed E-state index contributed by atoms with van der Waals surface area (Å²) >= 11 is 0. The molecule has 0 amide bonds. The van der Waals surface area contributed by atoms with E-state index in [0.29, 0.717) is 0 Å². The van der Waals surface area contributed by atoms with Gasteiger partial charge in [-0.1, -0.05) is 0 Å². The molecule has 0 aliphatic rings. The largest absolute Gasteiger partial charge is 0.491 e. The van der Waals surface area contributed by atoms with Crippen molar-refractivity contribution in [2.75, 3.05) is 7.11 Å². The van der Waals surface area contributed by atoms with E-state index in [1.807, 2.05) is 4.98 Å². The van der Waals surface area contributed by atoms with Crippen molar-refractivity contribution in [3.63, 3.8) is 0 Å². The van der Waals surface area contributed by atoms with E-state index in [-0.39, 0.29) is 5.75 Å². The molecule has 1 aromatic heterocycles. The highest BCUT2D eigenvalue weighted by atomic mass is 19.3. The van der Waals surface area contributed by atoms with E-state index >= 15 is 0 Å². The standard InChI is InChI=1S/C7H6F2N2O4/c1-15-3-2-10-4(7(8)9)5(6(3)12)11(13)14/h2,7H,1H3,(H,10,12). The Morgan fingerprint density at radius 2 is 2.20 bits per heavy atom. The zero-order valence-electron chi connectivity index (χ0n) is 7.49. The highest BCUT2D eigenvalue weighted by Crippen LogP contribution is 2.24. The van der Waals surface area contributed by atoms with E-state index in [4.69, 9.17) is 0 Å². The Kier molecular flexibility index (Phi) is 2.98. The van der Waals surface area contributed by atoms with Crippen molar-refractivity contribution < 1.29 is 18.4 Å². The van der Waals surface area contributed by atoms with Crippen LogP contribution in [0.4, 0.5) is 14.5 Å². The number of nitrogens with zero attached hydrogens (tertiary/aromatic N) is 1. The lowest BCUT2D eigenvalue weighted by molar-refractivity contribution is -0.387. The van der Waals surface area contributed by atoms with Gasteiger partial charge in [0.1, 0.15) is 0 Å². The number of hydrogen-bond donors (Lipinski definition) is 1. The van der Waals surface area contributed by atoms with Crippen LogP contribution in [0.3, 0.4) is 0 Å². The van der Waals surface area contributed by atoms with Gasteiger partial charge in [0.15, 0.2) is 11.4 Å². The minimum Gasteiger partial charge on any atom is -0.491 e. The lowest BCUT2D eigenvalue weighted by Crippen LogP contribution is -2.15. The minimum absolute atomic E-state index is 0.383. The zero-order valence-corrected chi connectivity index (χ0v) is 7.49. The summed E-state index contributed by atoms with van der Waals surface area (Å²) in [5.74, 6) is -0.383. The number of alkyl halides is 2. The van der Waals surface area contributed by atoms with Crippen LogP contribution in [0.25, 0.3) is 0 Å². The Morgan fingerprint density at radius 1 is 1.60 bits per heavy atom. The van der Waals surface area contributed by atoms with E-state index in [1.54, 1.807) is 0 Å². The monoisotopic (exact) mass is 220 g/mol. The van der Waals surface area contributed by atoms with Gasteiger partial charge in [-0.3, -0.25) is 14.9 Å². The number of aromatic nitrogens is 1. The van der Waals surface area contributed by atoms with Crippen molar-refractivity contribution in [3.05, 3.63) is 32.2 Å². The van der Waals surface area contributed by atoms with Crippen LogP contribution in [0.1, 0.15) is 12.1 Å². The average Bonchev–Trinajstić information content (AvgIpc) is 2.16. The van der Waals surface area contributed by atoms with Crippen LogP contribution in [-0.2, 0) is 0 Å². The molecular weight excluding hydrogens is 214 g/mol. The molecular formula is C7H6F2N2O4. The molecule has 0 fully saturated rings. The van der Waals surface area contributed by atoms with Gasteiger partial charge < -0.3 is 9.72 Å². The summed E-state index contributed by atoms with van der Waals surface area (Å²) in [5, 5.41) is 10.4. The van der Waals surface area contributed by atoms with Gasteiger partial charge in [-0.05, 0) is 0 Å². The van der Waals surface area contributed by atoms with Crippen molar-refractivity contribution in [2.24, 2.45) is 0 Å². The molecule has 1 N–H and O–H groups in total. The number of H-pyrrole nitrogens is 1. The quantitative estimate of drug-likeness (QED) is 0.613. The summed E-state index contributed by atoms with van der Waals surface area (Å²) in [6, 6.07) is 0. The van der Waals surface area contributed by atoms with Gasteiger partial charge in [0.25, 0.3) is 6.43 Å². The van der Waals surface area contributed by atoms with Gasteiger partial charge in [-0.2, -0.15) is 0 Å². The summed E-state index contributed by atoms with van der Waals surface area (Å²) in [7, 11) is 1.11. The molecule has 6 nitrogen and oxygen atoms in total. The number of methoxy groups -OCH3 is 1. The Morgan fingerprint density at radius 3 is 2.60 bits per heavy atom. The molecule has 0 aromatic carbocycles. The second-order valence-electron chi connectivity index (χ2n) is 2.51. The highest BCUT2D eigenvalue weighted by molar-refractivity contribution is 5.41. The van der Waals surface area contributed by atoms with E-state index < -0.39 is 28.2 Å². The molecule has 82 valence electrons. The molecule has 0 aliphatic carbocycles. The SMILES string of the molecule is COc1c[nH]c(C(F)F)c([N+](=O)[O-])c1=O. The van der Waals surface area contributed by atoms with Crippen LogP contribution < -0.4 is 10.2 Å². The van der Waals surface area contributed by atoms with Crippen LogP contribution in [-0.4, -0.2) is 17.0 Å². The molecule has 0 saturated carbocycles. The number of nitrogens with one attached hydrogen (secondary N) is 1. The van der Waals surface area contributed by atoms with E-state index in [9.17, 15) is 23.7 Å². The predicted octanol–water partition coefficient (Wildman–Crippen LogP) is 1.23. The Balaban J connectivity index is 3.52. The topological polar surface area (TPSA) is 85.2 Å². The summed E-state index contributed by atoms with van der Waals surface area (Å²) < 4.78 is 29.1. The maximum Gasteiger partial charge on any atom is 0.345 e. The van der Waals surface area contributed by atoms with Gasteiger partial charge >= 0.3 is 11.1 Å². The molecule has 0 aliphatic heterocycles. The van der Waals surface area contributed by atoms with Gasteiger partial charge in [-0.25, -0.2) is 8.78 Å². The fraction of sp³-hybridized carbons (Fsp3) is 0.286. The van der Waals surface area contributed by atoms with Gasteiger partial charge in [-0.15, -0.1) is 0 Å². The molecule has 1 heterocycles. The Bertz CT molecular complexity index is 443. The molecule has 0 bridgehead atoms. The first-order chi connectivity index (χ1) is 6.99. The third-order valence-electron chi connectivity index (χ3n) is 1.67. The first-order valence-corrected chi connectivity index (χ1v) is 3.71. The van der Waals surface area contributed by atoms with Crippen LogP contribution in [0.2, 0.25) is 0 Å². The third-order valence-corrected chi connectivity index (χ3v) is 1.67. The van der Waals surface area contributed by atoms with Crippen LogP contribution in [0.15, 0.2) is 11.0 Å². The first-order valence-electron chi connectivity index (χ1n) is 3.71. The summed E-state index contributed by atoms with van der Waals surface area (Å²) in [4.78, 5) is 22.5. The third kappa shape index (κ3) is 1.92. The van der Waals surface area contributed by atoms with Crippen molar-refractivity contribution in [2.45, 2.75) is 6.43 Å². The van der Waals surface area contributed by atoms with E-state index in [2.05, 4.69) is 4.74 Å².